The summed E-state index contributed by atoms with van der Waals surface area (Å²) >= 11 is 5.88. The predicted octanol–water partition coefficient (Wildman–Crippen LogP) is 5.47. The van der Waals surface area contributed by atoms with Crippen LogP contribution in [0.15, 0.2) is 24.3 Å². The standard InChI is InChI=1S/C17H21ClF2O/c1-11(2)16(21)15(13-3-5-14(18)6-4-13)9-12-7-8-17(19,20)10-12/h3-6,11-12,15H,7-10H2,1-2H3. The molecular weight excluding hydrogens is 294 g/mol. The number of benzene rings is 1. The van der Waals surface area contributed by atoms with Gasteiger partial charge in [-0.2, -0.15) is 0 Å². The second-order valence-electron chi connectivity index (χ2n) is 6.36. The number of alkyl halides is 2. The molecule has 1 aromatic rings. The van der Waals surface area contributed by atoms with Crippen molar-refractivity contribution in [1.29, 1.82) is 0 Å². The Bertz CT molecular complexity index is 496. The molecule has 4 heteroatoms. The molecule has 0 radical (unpaired) electrons. The smallest absolute Gasteiger partial charge is 0.248 e. The van der Waals surface area contributed by atoms with Crippen LogP contribution in [0.3, 0.4) is 0 Å². The summed E-state index contributed by atoms with van der Waals surface area (Å²) in [6.45, 7) is 3.71. The highest BCUT2D eigenvalue weighted by molar-refractivity contribution is 6.30. The Morgan fingerprint density at radius 2 is 1.95 bits per heavy atom. The quantitative estimate of drug-likeness (QED) is 0.704. The van der Waals surface area contributed by atoms with Crippen LogP contribution in [-0.2, 0) is 4.79 Å². The van der Waals surface area contributed by atoms with Gasteiger partial charge >= 0.3 is 0 Å². The minimum atomic E-state index is -2.56. The normalized spacial score (nSPS) is 22.5. The van der Waals surface area contributed by atoms with E-state index in [0.717, 1.165) is 5.56 Å². The molecule has 0 aliphatic heterocycles. The summed E-state index contributed by atoms with van der Waals surface area (Å²) in [4.78, 5) is 12.5. The van der Waals surface area contributed by atoms with Crippen molar-refractivity contribution in [3.05, 3.63) is 34.9 Å². The van der Waals surface area contributed by atoms with Crippen LogP contribution in [0, 0.1) is 11.8 Å². The number of rotatable bonds is 5. The fourth-order valence-electron chi connectivity index (χ4n) is 3.09. The molecule has 1 aliphatic carbocycles. The van der Waals surface area contributed by atoms with Crippen molar-refractivity contribution >= 4 is 17.4 Å². The first-order valence-electron chi connectivity index (χ1n) is 7.45. The summed E-state index contributed by atoms with van der Waals surface area (Å²) in [5, 5.41) is 0.613. The largest absolute Gasteiger partial charge is 0.299 e. The summed E-state index contributed by atoms with van der Waals surface area (Å²) in [5.74, 6) is -2.93. The molecule has 1 saturated carbocycles. The second kappa shape index (κ2) is 6.43. The van der Waals surface area contributed by atoms with Crippen LogP contribution in [0.25, 0.3) is 0 Å². The van der Waals surface area contributed by atoms with Crippen LogP contribution in [0.1, 0.15) is 51.0 Å². The van der Waals surface area contributed by atoms with Gasteiger partial charge in [-0.25, -0.2) is 8.78 Å². The zero-order valence-electron chi connectivity index (χ0n) is 12.4. The van der Waals surface area contributed by atoms with Crippen LogP contribution in [-0.4, -0.2) is 11.7 Å². The van der Waals surface area contributed by atoms with Crippen molar-refractivity contribution in [3.63, 3.8) is 0 Å². The van der Waals surface area contributed by atoms with Gasteiger partial charge in [-0.3, -0.25) is 4.79 Å². The lowest BCUT2D eigenvalue weighted by Gasteiger charge is -2.22. The molecule has 1 aromatic carbocycles. The summed E-state index contributed by atoms with van der Waals surface area (Å²) in [6.07, 6.45) is 0.861. The zero-order valence-corrected chi connectivity index (χ0v) is 13.2. The van der Waals surface area contributed by atoms with Gasteiger partial charge < -0.3 is 0 Å². The summed E-state index contributed by atoms with van der Waals surface area (Å²) in [7, 11) is 0. The van der Waals surface area contributed by atoms with Gasteiger partial charge in [-0.15, -0.1) is 0 Å². The maximum absolute atomic E-state index is 13.4. The number of Topliss-reactive ketones (excluding diaryl/α,β-unsaturated/α-hetero) is 1. The average molecular weight is 315 g/mol. The molecular formula is C17H21ClF2O. The number of ketones is 1. The molecule has 2 rings (SSSR count). The molecule has 2 unspecified atom stereocenters. The number of hydrogen-bond acceptors (Lipinski definition) is 1. The Morgan fingerprint density at radius 1 is 1.33 bits per heavy atom. The molecule has 0 amide bonds. The van der Waals surface area contributed by atoms with E-state index in [1.807, 2.05) is 26.0 Å². The first kappa shape index (κ1) is 16.4. The molecule has 116 valence electrons. The zero-order chi connectivity index (χ0) is 15.6. The Hall–Kier alpha value is -0.960. The first-order chi connectivity index (χ1) is 9.78. The molecule has 0 saturated heterocycles. The minimum absolute atomic E-state index is 0.0547. The third-order valence-corrected chi connectivity index (χ3v) is 4.51. The third-order valence-electron chi connectivity index (χ3n) is 4.26. The molecule has 1 nitrogen and oxygen atoms in total. The number of hydrogen-bond donors (Lipinski definition) is 0. The van der Waals surface area contributed by atoms with Crippen molar-refractivity contribution in [2.45, 2.75) is 51.4 Å². The molecule has 21 heavy (non-hydrogen) atoms. The molecule has 1 aliphatic rings. The third kappa shape index (κ3) is 4.26. The van der Waals surface area contributed by atoms with Gasteiger partial charge in [0, 0.05) is 29.7 Å². The molecule has 0 spiro atoms. The van der Waals surface area contributed by atoms with E-state index in [2.05, 4.69) is 0 Å². The van der Waals surface area contributed by atoms with E-state index in [-0.39, 0.29) is 36.4 Å². The minimum Gasteiger partial charge on any atom is -0.299 e. The second-order valence-corrected chi connectivity index (χ2v) is 6.80. The van der Waals surface area contributed by atoms with E-state index >= 15 is 0 Å². The van der Waals surface area contributed by atoms with Crippen molar-refractivity contribution in [3.8, 4) is 0 Å². The van der Waals surface area contributed by atoms with E-state index < -0.39 is 5.92 Å². The average Bonchev–Trinajstić information content (AvgIpc) is 2.75. The Kier molecular flexibility index (Phi) is 5.03. The highest BCUT2D eigenvalue weighted by atomic mass is 35.5. The Morgan fingerprint density at radius 3 is 2.43 bits per heavy atom. The van der Waals surface area contributed by atoms with Gasteiger partial charge in [0.05, 0.1) is 0 Å². The lowest BCUT2D eigenvalue weighted by atomic mass is 9.81. The van der Waals surface area contributed by atoms with Gasteiger partial charge in [-0.1, -0.05) is 37.6 Å². The van der Waals surface area contributed by atoms with E-state index in [1.165, 1.54) is 0 Å². The topological polar surface area (TPSA) is 17.1 Å². The molecule has 2 atom stereocenters. The highest BCUT2D eigenvalue weighted by Gasteiger charge is 2.41. The molecule has 0 aromatic heterocycles. The van der Waals surface area contributed by atoms with Gasteiger partial charge in [0.15, 0.2) is 0 Å². The summed E-state index contributed by atoms with van der Waals surface area (Å²) < 4.78 is 26.7. The maximum Gasteiger partial charge on any atom is 0.248 e. The Labute approximate surface area is 129 Å². The van der Waals surface area contributed by atoms with Gasteiger partial charge in [0.25, 0.3) is 0 Å². The van der Waals surface area contributed by atoms with Crippen LogP contribution >= 0.6 is 11.6 Å². The van der Waals surface area contributed by atoms with Gasteiger partial charge in [-0.05, 0) is 36.5 Å². The van der Waals surface area contributed by atoms with E-state index in [0.29, 0.717) is 17.9 Å². The van der Waals surface area contributed by atoms with Crippen molar-refractivity contribution < 1.29 is 13.6 Å². The number of carbonyl (C=O) groups is 1. The molecule has 1 fully saturated rings. The van der Waals surface area contributed by atoms with Crippen molar-refractivity contribution in [2.24, 2.45) is 11.8 Å². The SMILES string of the molecule is CC(C)C(=O)C(CC1CCC(F)(F)C1)c1ccc(Cl)cc1. The van der Waals surface area contributed by atoms with Crippen LogP contribution in [0.2, 0.25) is 5.02 Å². The lowest BCUT2D eigenvalue weighted by molar-refractivity contribution is -0.123. The van der Waals surface area contributed by atoms with Crippen LogP contribution < -0.4 is 0 Å². The van der Waals surface area contributed by atoms with Crippen LogP contribution in [0.4, 0.5) is 8.78 Å². The maximum atomic E-state index is 13.4. The monoisotopic (exact) mass is 314 g/mol. The molecule has 0 heterocycles. The van der Waals surface area contributed by atoms with Gasteiger partial charge in [0.1, 0.15) is 5.78 Å². The highest BCUT2D eigenvalue weighted by Crippen LogP contribution is 2.43. The fourth-order valence-corrected chi connectivity index (χ4v) is 3.22. The molecule has 0 N–H and O–H groups in total. The fraction of sp³-hybridized carbons (Fsp3) is 0.588. The predicted molar refractivity (Wildman–Crippen MR) is 80.9 cm³/mol. The molecule has 0 bridgehead atoms. The van der Waals surface area contributed by atoms with Crippen molar-refractivity contribution in [2.75, 3.05) is 0 Å². The van der Waals surface area contributed by atoms with E-state index in [9.17, 15) is 13.6 Å². The van der Waals surface area contributed by atoms with E-state index in [4.69, 9.17) is 11.6 Å². The first-order valence-corrected chi connectivity index (χ1v) is 7.83. The summed E-state index contributed by atoms with van der Waals surface area (Å²) in [5.41, 5.74) is 0.883. The number of carbonyl (C=O) groups excluding carboxylic acids is 1. The number of halogens is 3. The van der Waals surface area contributed by atoms with Gasteiger partial charge in [0.2, 0.25) is 5.92 Å². The lowest BCUT2D eigenvalue weighted by Crippen LogP contribution is -2.21. The Balaban J connectivity index is 2.17. The van der Waals surface area contributed by atoms with Crippen molar-refractivity contribution in [1.82, 2.24) is 0 Å². The van der Waals surface area contributed by atoms with Crippen LogP contribution in [0.5, 0.6) is 0 Å². The van der Waals surface area contributed by atoms with E-state index in [1.54, 1.807) is 12.1 Å². The summed E-state index contributed by atoms with van der Waals surface area (Å²) in [6, 6.07) is 7.17.